The highest BCUT2D eigenvalue weighted by molar-refractivity contribution is 6.31. The predicted octanol–water partition coefficient (Wildman–Crippen LogP) is 3.98. The van der Waals surface area contributed by atoms with Crippen molar-refractivity contribution in [3.8, 4) is 5.88 Å². The molecule has 1 aromatic heterocycles. The van der Waals surface area contributed by atoms with Crippen LogP contribution in [0.25, 0.3) is 10.9 Å². The number of hydrogen-bond donors (Lipinski definition) is 2. The maximum absolute atomic E-state index is 8.92. The van der Waals surface area contributed by atoms with Crippen LogP contribution in [-0.2, 0) is 13.0 Å². The van der Waals surface area contributed by atoms with Gasteiger partial charge in [0.2, 0.25) is 5.88 Å². The number of rotatable bonds is 9. The van der Waals surface area contributed by atoms with E-state index in [4.69, 9.17) is 21.4 Å². The summed E-state index contributed by atoms with van der Waals surface area (Å²) in [4.78, 5) is 4.67. The fraction of sp³-hybridized carbons (Fsp3) is 0.286. The Labute approximate surface area is 158 Å². The average Bonchev–Trinajstić information content (AvgIpc) is 2.66. The molecular weight excluding hydrogens is 348 g/mol. The lowest BCUT2D eigenvalue weighted by molar-refractivity contribution is 0.285. The average molecular weight is 371 g/mol. The zero-order valence-electron chi connectivity index (χ0n) is 14.6. The molecule has 0 unspecified atom stereocenters. The van der Waals surface area contributed by atoms with E-state index < -0.39 is 0 Å². The summed E-state index contributed by atoms with van der Waals surface area (Å²) >= 11 is 6.10. The molecule has 5 heteroatoms. The normalized spacial score (nSPS) is 11.0. The molecule has 2 aromatic carbocycles. The standard InChI is InChI=1S/C21H23ClN2O2/c22-19-8-7-17-13-18(15-23-10-4-11-25)21(24-20(17)14-19)26-12-9-16-5-2-1-3-6-16/h1-3,5-8,13-14,23,25H,4,9-12,15H2. The number of benzene rings is 2. The van der Waals surface area contributed by atoms with Gasteiger partial charge in [-0.05, 0) is 36.7 Å². The molecule has 0 spiro atoms. The summed E-state index contributed by atoms with van der Waals surface area (Å²) in [5.41, 5.74) is 3.07. The number of ether oxygens (including phenoxy) is 1. The highest BCUT2D eigenvalue weighted by Crippen LogP contribution is 2.25. The van der Waals surface area contributed by atoms with Crippen LogP contribution >= 0.6 is 11.6 Å². The second kappa shape index (κ2) is 9.53. The van der Waals surface area contributed by atoms with Crippen molar-refractivity contribution in [1.29, 1.82) is 0 Å². The van der Waals surface area contributed by atoms with E-state index in [1.165, 1.54) is 5.56 Å². The second-order valence-corrected chi connectivity index (χ2v) is 6.56. The number of halogens is 1. The van der Waals surface area contributed by atoms with Crippen LogP contribution in [0.5, 0.6) is 5.88 Å². The Morgan fingerprint density at radius 1 is 1.08 bits per heavy atom. The molecule has 0 saturated heterocycles. The molecule has 0 radical (unpaired) electrons. The summed E-state index contributed by atoms with van der Waals surface area (Å²) in [6.45, 7) is 2.14. The van der Waals surface area contributed by atoms with Gasteiger partial charge in [-0.2, -0.15) is 0 Å². The largest absolute Gasteiger partial charge is 0.477 e. The van der Waals surface area contributed by atoms with Gasteiger partial charge in [-0.25, -0.2) is 4.98 Å². The molecule has 2 N–H and O–H groups in total. The van der Waals surface area contributed by atoms with E-state index in [2.05, 4.69) is 28.5 Å². The van der Waals surface area contributed by atoms with Crippen molar-refractivity contribution in [2.45, 2.75) is 19.4 Å². The molecule has 0 atom stereocenters. The zero-order chi connectivity index (χ0) is 18.2. The molecule has 0 amide bonds. The molecule has 0 aliphatic heterocycles. The van der Waals surface area contributed by atoms with Gasteiger partial charge in [-0.15, -0.1) is 0 Å². The summed E-state index contributed by atoms with van der Waals surface area (Å²) in [7, 11) is 0. The number of fused-ring (bicyclic) bond motifs is 1. The SMILES string of the molecule is OCCCNCc1cc2ccc(Cl)cc2nc1OCCc1ccccc1. The molecule has 3 aromatic rings. The van der Waals surface area contributed by atoms with Gasteiger partial charge in [0, 0.05) is 35.5 Å². The first-order chi connectivity index (χ1) is 12.8. The third-order valence-corrected chi connectivity index (χ3v) is 4.35. The minimum Gasteiger partial charge on any atom is -0.477 e. The quantitative estimate of drug-likeness (QED) is 0.559. The van der Waals surface area contributed by atoms with Crippen LogP contribution < -0.4 is 10.1 Å². The molecule has 0 aliphatic carbocycles. The molecule has 0 aliphatic rings. The number of aliphatic hydroxyl groups is 1. The Balaban J connectivity index is 1.75. The first kappa shape index (κ1) is 18.6. The van der Waals surface area contributed by atoms with Crippen LogP contribution in [0, 0.1) is 0 Å². The third-order valence-electron chi connectivity index (χ3n) is 4.12. The summed E-state index contributed by atoms with van der Waals surface area (Å²) in [5, 5.41) is 13.9. The molecule has 26 heavy (non-hydrogen) atoms. The predicted molar refractivity (Wildman–Crippen MR) is 106 cm³/mol. The Kier molecular flexibility index (Phi) is 6.83. The molecular formula is C21H23ClN2O2. The molecule has 1 heterocycles. The number of hydrogen-bond acceptors (Lipinski definition) is 4. The van der Waals surface area contributed by atoms with E-state index in [-0.39, 0.29) is 6.61 Å². The monoisotopic (exact) mass is 370 g/mol. The summed E-state index contributed by atoms with van der Waals surface area (Å²) in [5.74, 6) is 0.632. The van der Waals surface area contributed by atoms with Gasteiger partial charge in [0.05, 0.1) is 12.1 Å². The van der Waals surface area contributed by atoms with Crippen molar-refractivity contribution in [1.82, 2.24) is 10.3 Å². The summed E-state index contributed by atoms with van der Waals surface area (Å²) in [6, 6.07) is 18.0. The molecule has 4 nitrogen and oxygen atoms in total. The minimum atomic E-state index is 0.182. The van der Waals surface area contributed by atoms with Crippen molar-refractivity contribution < 1.29 is 9.84 Å². The molecule has 0 fully saturated rings. The summed E-state index contributed by atoms with van der Waals surface area (Å²) in [6.07, 6.45) is 1.55. The Morgan fingerprint density at radius 2 is 1.92 bits per heavy atom. The van der Waals surface area contributed by atoms with Gasteiger partial charge < -0.3 is 15.2 Å². The smallest absolute Gasteiger partial charge is 0.218 e. The third kappa shape index (κ3) is 5.18. The van der Waals surface area contributed by atoms with Crippen molar-refractivity contribution in [2.24, 2.45) is 0 Å². The number of nitrogens with one attached hydrogen (secondary N) is 1. The Morgan fingerprint density at radius 3 is 2.73 bits per heavy atom. The lowest BCUT2D eigenvalue weighted by Gasteiger charge is -2.13. The Hall–Kier alpha value is -2.14. The van der Waals surface area contributed by atoms with Crippen LogP contribution in [0.1, 0.15) is 17.5 Å². The number of pyridine rings is 1. The van der Waals surface area contributed by atoms with E-state index in [9.17, 15) is 0 Å². The lowest BCUT2D eigenvalue weighted by atomic mass is 10.1. The van der Waals surface area contributed by atoms with E-state index in [0.717, 1.165) is 35.9 Å². The Bertz CT molecular complexity index is 840. The van der Waals surface area contributed by atoms with Gasteiger partial charge >= 0.3 is 0 Å². The van der Waals surface area contributed by atoms with E-state index in [1.54, 1.807) is 0 Å². The first-order valence-electron chi connectivity index (χ1n) is 8.84. The second-order valence-electron chi connectivity index (χ2n) is 6.13. The number of aliphatic hydroxyl groups excluding tert-OH is 1. The van der Waals surface area contributed by atoms with Crippen LogP contribution in [0.15, 0.2) is 54.6 Å². The lowest BCUT2D eigenvalue weighted by Crippen LogP contribution is -2.17. The van der Waals surface area contributed by atoms with Crippen LogP contribution in [0.4, 0.5) is 0 Å². The number of aromatic nitrogens is 1. The molecule has 0 saturated carbocycles. The molecule has 0 bridgehead atoms. The van der Waals surface area contributed by atoms with E-state index in [0.29, 0.717) is 24.1 Å². The van der Waals surface area contributed by atoms with Crippen molar-refractivity contribution >= 4 is 22.5 Å². The van der Waals surface area contributed by atoms with Crippen molar-refractivity contribution in [2.75, 3.05) is 19.8 Å². The van der Waals surface area contributed by atoms with Crippen LogP contribution in [0.2, 0.25) is 5.02 Å². The zero-order valence-corrected chi connectivity index (χ0v) is 15.4. The maximum atomic E-state index is 8.92. The molecule has 3 rings (SSSR count). The highest BCUT2D eigenvalue weighted by atomic mass is 35.5. The van der Waals surface area contributed by atoms with E-state index in [1.807, 2.05) is 36.4 Å². The van der Waals surface area contributed by atoms with Crippen molar-refractivity contribution in [3.63, 3.8) is 0 Å². The minimum absolute atomic E-state index is 0.182. The van der Waals surface area contributed by atoms with Gasteiger partial charge in [-0.3, -0.25) is 0 Å². The number of nitrogens with zero attached hydrogens (tertiary/aromatic N) is 1. The van der Waals surface area contributed by atoms with Crippen LogP contribution in [0.3, 0.4) is 0 Å². The fourth-order valence-corrected chi connectivity index (χ4v) is 2.92. The summed E-state index contributed by atoms with van der Waals surface area (Å²) < 4.78 is 6.00. The molecule has 136 valence electrons. The van der Waals surface area contributed by atoms with Gasteiger partial charge in [0.15, 0.2) is 0 Å². The van der Waals surface area contributed by atoms with E-state index >= 15 is 0 Å². The highest BCUT2D eigenvalue weighted by Gasteiger charge is 2.09. The van der Waals surface area contributed by atoms with Gasteiger partial charge in [0.25, 0.3) is 0 Å². The first-order valence-corrected chi connectivity index (χ1v) is 9.21. The van der Waals surface area contributed by atoms with Gasteiger partial charge in [-0.1, -0.05) is 48.0 Å². The van der Waals surface area contributed by atoms with Crippen molar-refractivity contribution in [3.05, 3.63) is 70.7 Å². The van der Waals surface area contributed by atoms with Crippen LogP contribution in [-0.4, -0.2) is 29.8 Å². The maximum Gasteiger partial charge on any atom is 0.218 e. The topological polar surface area (TPSA) is 54.4 Å². The van der Waals surface area contributed by atoms with Gasteiger partial charge in [0.1, 0.15) is 0 Å². The fourth-order valence-electron chi connectivity index (χ4n) is 2.76.